The minimum absolute atomic E-state index is 0.388. The highest BCUT2D eigenvalue weighted by atomic mass is 16.3. The zero-order valence-electron chi connectivity index (χ0n) is 7.06. The molecule has 2 aromatic heterocycles. The number of aryl methyl sites for hydroxylation is 1. The predicted molar refractivity (Wildman–Crippen MR) is 49.7 cm³/mol. The van der Waals surface area contributed by atoms with Gasteiger partial charge in [-0.1, -0.05) is 0 Å². The summed E-state index contributed by atoms with van der Waals surface area (Å²) in [5, 5.41) is 3.81. The monoisotopic (exact) mass is 173 g/mol. The van der Waals surface area contributed by atoms with Gasteiger partial charge in [-0.15, -0.1) is 4.91 Å². The van der Waals surface area contributed by atoms with Gasteiger partial charge in [0, 0.05) is 11.6 Å². The third-order valence-electron chi connectivity index (χ3n) is 2.01. The van der Waals surface area contributed by atoms with Gasteiger partial charge in [0.05, 0.1) is 17.9 Å². The van der Waals surface area contributed by atoms with Gasteiger partial charge >= 0.3 is 0 Å². The third kappa shape index (κ3) is 1.16. The largest absolute Gasteiger partial charge is 0.262 e. The number of hydrogen-bond acceptors (Lipinski definition) is 4. The molecule has 0 aromatic carbocycles. The van der Waals surface area contributed by atoms with E-state index in [1.54, 1.807) is 12.4 Å². The molecule has 0 N–H and O–H groups in total. The molecule has 0 bridgehead atoms. The van der Waals surface area contributed by atoms with Gasteiger partial charge in [-0.2, -0.15) is 0 Å². The topological polar surface area (TPSA) is 55.2 Å². The fourth-order valence-electron chi connectivity index (χ4n) is 1.26. The van der Waals surface area contributed by atoms with Crippen LogP contribution in [-0.4, -0.2) is 9.97 Å². The van der Waals surface area contributed by atoms with Gasteiger partial charge in [-0.3, -0.25) is 9.97 Å². The van der Waals surface area contributed by atoms with Crippen LogP contribution in [0.1, 0.15) is 5.56 Å². The van der Waals surface area contributed by atoms with E-state index in [1.807, 2.05) is 13.0 Å². The summed E-state index contributed by atoms with van der Waals surface area (Å²) in [6.45, 7) is 1.85. The highest BCUT2D eigenvalue weighted by molar-refractivity contribution is 5.84. The Morgan fingerprint density at radius 3 is 3.00 bits per heavy atom. The molecule has 0 unspecified atom stereocenters. The summed E-state index contributed by atoms with van der Waals surface area (Å²) in [6, 6.07) is 1.83. The van der Waals surface area contributed by atoms with E-state index < -0.39 is 0 Å². The minimum atomic E-state index is 0.388. The smallest absolute Gasteiger partial charge is 0.129 e. The standard InChI is InChI=1S/C9H7N3O/c1-6-7-2-3-10-4-9(7)11-5-8(6)12-13/h2-5H,1H3. The van der Waals surface area contributed by atoms with Crippen LogP contribution in [0.15, 0.2) is 29.8 Å². The van der Waals surface area contributed by atoms with E-state index in [1.165, 1.54) is 6.20 Å². The second kappa shape index (κ2) is 2.90. The first-order valence-corrected chi connectivity index (χ1v) is 3.85. The maximum atomic E-state index is 10.4. The van der Waals surface area contributed by atoms with Gasteiger partial charge in [0.2, 0.25) is 0 Å². The molecule has 0 aliphatic rings. The van der Waals surface area contributed by atoms with Crippen molar-refractivity contribution in [2.75, 3.05) is 0 Å². The molecule has 0 amide bonds. The number of aromatic nitrogens is 2. The number of nitroso groups, excluding NO2 is 1. The molecule has 4 nitrogen and oxygen atoms in total. The maximum absolute atomic E-state index is 10.4. The van der Waals surface area contributed by atoms with Crippen molar-refractivity contribution >= 4 is 16.6 Å². The first kappa shape index (κ1) is 7.79. The highest BCUT2D eigenvalue weighted by Crippen LogP contribution is 2.23. The van der Waals surface area contributed by atoms with E-state index in [4.69, 9.17) is 0 Å². The molecular formula is C9H7N3O. The summed E-state index contributed by atoms with van der Waals surface area (Å²) in [5.74, 6) is 0. The molecule has 2 aromatic rings. The minimum Gasteiger partial charge on any atom is -0.262 e. The van der Waals surface area contributed by atoms with Crippen LogP contribution in [0.3, 0.4) is 0 Å². The van der Waals surface area contributed by atoms with Gasteiger partial charge in [0.15, 0.2) is 0 Å². The summed E-state index contributed by atoms with van der Waals surface area (Å²) in [7, 11) is 0. The van der Waals surface area contributed by atoms with Crippen molar-refractivity contribution in [1.29, 1.82) is 0 Å². The van der Waals surface area contributed by atoms with Gasteiger partial charge < -0.3 is 0 Å². The summed E-state index contributed by atoms with van der Waals surface area (Å²) in [4.78, 5) is 18.4. The summed E-state index contributed by atoms with van der Waals surface area (Å²) in [5.41, 5.74) is 2.02. The molecule has 0 atom stereocenters. The number of pyridine rings is 2. The predicted octanol–water partition coefficient (Wildman–Crippen LogP) is 2.34. The molecule has 13 heavy (non-hydrogen) atoms. The van der Waals surface area contributed by atoms with Crippen LogP contribution >= 0.6 is 0 Å². The first-order valence-electron chi connectivity index (χ1n) is 3.85. The third-order valence-corrected chi connectivity index (χ3v) is 2.01. The van der Waals surface area contributed by atoms with E-state index in [9.17, 15) is 4.91 Å². The molecule has 0 saturated carbocycles. The molecular weight excluding hydrogens is 166 g/mol. The lowest BCUT2D eigenvalue weighted by atomic mass is 10.1. The zero-order valence-corrected chi connectivity index (χ0v) is 7.06. The van der Waals surface area contributed by atoms with Gasteiger partial charge in [-0.05, 0) is 23.7 Å². The van der Waals surface area contributed by atoms with Crippen molar-refractivity contribution < 1.29 is 0 Å². The fraction of sp³-hybridized carbons (Fsp3) is 0.111. The Kier molecular flexibility index (Phi) is 1.73. The van der Waals surface area contributed by atoms with Crippen LogP contribution in [0.25, 0.3) is 10.9 Å². The van der Waals surface area contributed by atoms with Crippen LogP contribution in [-0.2, 0) is 0 Å². The first-order chi connectivity index (χ1) is 6.33. The molecule has 0 aliphatic carbocycles. The van der Waals surface area contributed by atoms with E-state index in [0.717, 1.165) is 16.5 Å². The normalized spacial score (nSPS) is 10.2. The van der Waals surface area contributed by atoms with Crippen LogP contribution in [0.5, 0.6) is 0 Å². The van der Waals surface area contributed by atoms with E-state index in [2.05, 4.69) is 15.1 Å². The number of fused-ring (bicyclic) bond motifs is 1. The fourth-order valence-corrected chi connectivity index (χ4v) is 1.26. The van der Waals surface area contributed by atoms with Crippen molar-refractivity contribution in [1.82, 2.24) is 9.97 Å². The molecule has 0 radical (unpaired) electrons. The van der Waals surface area contributed by atoms with Crippen molar-refractivity contribution in [3.05, 3.63) is 35.1 Å². The number of nitrogens with zero attached hydrogens (tertiary/aromatic N) is 3. The molecule has 0 fully saturated rings. The van der Waals surface area contributed by atoms with Crippen molar-refractivity contribution in [3.8, 4) is 0 Å². The van der Waals surface area contributed by atoms with Crippen LogP contribution < -0.4 is 0 Å². The SMILES string of the molecule is Cc1c(N=O)cnc2cnccc12. The molecule has 0 saturated heterocycles. The Balaban J connectivity index is 2.86. The van der Waals surface area contributed by atoms with E-state index in [0.29, 0.717) is 5.69 Å². The summed E-state index contributed by atoms with van der Waals surface area (Å²) >= 11 is 0. The highest BCUT2D eigenvalue weighted by Gasteiger charge is 2.03. The van der Waals surface area contributed by atoms with Crippen LogP contribution in [0, 0.1) is 11.8 Å². The Morgan fingerprint density at radius 1 is 1.38 bits per heavy atom. The second-order valence-corrected chi connectivity index (χ2v) is 2.75. The second-order valence-electron chi connectivity index (χ2n) is 2.75. The van der Waals surface area contributed by atoms with Crippen molar-refractivity contribution in [3.63, 3.8) is 0 Å². The molecule has 0 aliphatic heterocycles. The lowest BCUT2D eigenvalue weighted by Gasteiger charge is -2.00. The number of rotatable bonds is 1. The number of hydrogen-bond donors (Lipinski definition) is 0. The summed E-state index contributed by atoms with van der Waals surface area (Å²) < 4.78 is 0. The van der Waals surface area contributed by atoms with Crippen molar-refractivity contribution in [2.45, 2.75) is 6.92 Å². The Hall–Kier alpha value is -1.84. The van der Waals surface area contributed by atoms with Gasteiger partial charge in [0.25, 0.3) is 0 Å². The molecule has 64 valence electrons. The van der Waals surface area contributed by atoms with Gasteiger partial charge in [-0.25, -0.2) is 0 Å². The Bertz CT molecular complexity index is 467. The molecule has 2 heterocycles. The molecule has 4 heteroatoms. The van der Waals surface area contributed by atoms with Gasteiger partial charge in [0.1, 0.15) is 5.69 Å². The molecule has 2 rings (SSSR count). The van der Waals surface area contributed by atoms with Crippen molar-refractivity contribution in [2.24, 2.45) is 5.18 Å². The zero-order chi connectivity index (χ0) is 9.26. The van der Waals surface area contributed by atoms with E-state index >= 15 is 0 Å². The maximum Gasteiger partial charge on any atom is 0.129 e. The lowest BCUT2D eigenvalue weighted by Crippen LogP contribution is -1.84. The Morgan fingerprint density at radius 2 is 2.23 bits per heavy atom. The Labute approximate surface area is 74.6 Å². The van der Waals surface area contributed by atoms with Crippen LogP contribution in [0.2, 0.25) is 0 Å². The molecule has 0 spiro atoms. The average Bonchev–Trinajstić information content (AvgIpc) is 2.19. The quantitative estimate of drug-likeness (QED) is 0.622. The van der Waals surface area contributed by atoms with E-state index in [-0.39, 0.29) is 0 Å². The van der Waals surface area contributed by atoms with Crippen LogP contribution in [0.4, 0.5) is 5.69 Å². The lowest BCUT2D eigenvalue weighted by molar-refractivity contribution is 1.27. The summed E-state index contributed by atoms with van der Waals surface area (Å²) in [6.07, 6.45) is 4.80. The average molecular weight is 173 g/mol.